The first-order valence-corrected chi connectivity index (χ1v) is 7.82. The Morgan fingerprint density at radius 1 is 1.14 bits per heavy atom. The molecule has 1 aromatic carbocycles. The molecule has 0 fully saturated rings. The van der Waals surface area contributed by atoms with Gasteiger partial charge in [0, 0.05) is 18.6 Å². The monoisotopic (exact) mass is 292 g/mol. The van der Waals surface area contributed by atoms with E-state index in [1.54, 1.807) is 0 Å². The van der Waals surface area contributed by atoms with Gasteiger partial charge in [0.1, 0.15) is 13.2 Å². The number of fused-ring (bicyclic) bond motifs is 1. The fourth-order valence-electron chi connectivity index (χ4n) is 2.75. The van der Waals surface area contributed by atoms with Crippen molar-refractivity contribution >= 4 is 0 Å². The number of likely N-dealkylation sites (N-methyl/N-ethyl adjacent to an activating group) is 1. The van der Waals surface area contributed by atoms with E-state index in [-0.39, 0.29) is 6.04 Å². The molecule has 0 bridgehead atoms. The summed E-state index contributed by atoms with van der Waals surface area (Å²) < 4.78 is 11.2. The van der Waals surface area contributed by atoms with Gasteiger partial charge in [-0.1, -0.05) is 19.9 Å². The Labute approximate surface area is 128 Å². The van der Waals surface area contributed by atoms with E-state index in [1.165, 1.54) is 6.42 Å². The molecule has 2 rings (SSSR count). The van der Waals surface area contributed by atoms with Crippen LogP contribution in [-0.4, -0.2) is 37.7 Å². The van der Waals surface area contributed by atoms with Gasteiger partial charge >= 0.3 is 0 Å². The summed E-state index contributed by atoms with van der Waals surface area (Å²) in [6.45, 7) is 8.84. The van der Waals surface area contributed by atoms with E-state index < -0.39 is 0 Å². The van der Waals surface area contributed by atoms with Crippen LogP contribution >= 0.6 is 0 Å². The van der Waals surface area contributed by atoms with Crippen LogP contribution in [0.15, 0.2) is 18.2 Å². The van der Waals surface area contributed by atoms with Gasteiger partial charge in [0.25, 0.3) is 0 Å². The van der Waals surface area contributed by atoms with Gasteiger partial charge in [-0.3, -0.25) is 0 Å². The number of benzene rings is 1. The summed E-state index contributed by atoms with van der Waals surface area (Å²) >= 11 is 0. The lowest BCUT2D eigenvalue weighted by molar-refractivity contribution is 0.171. The maximum Gasteiger partial charge on any atom is 0.161 e. The van der Waals surface area contributed by atoms with E-state index in [4.69, 9.17) is 15.2 Å². The Hall–Kier alpha value is -1.26. The standard InChI is InChI=1S/C17H28N2O2/c1-12(2)9-13(3)19(4)11-15(18)14-5-6-16-17(10-14)21-8-7-20-16/h5-6,10,12-13,15H,7-9,11,18H2,1-4H3. The molecule has 0 radical (unpaired) electrons. The minimum Gasteiger partial charge on any atom is -0.486 e. The topological polar surface area (TPSA) is 47.7 Å². The van der Waals surface area contributed by atoms with Gasteiger partial charge in [-0.05, 0) is 44.0 Å². The van der Waals surface area contributed by atoms with Crippen LogP contribution < -0.4 is 15.2 Å². The van der Waals surface area contributed by atoms with E-state index in [1.807, 2.05) is 18.2 Å². The van der Waals surface area contributed by atoms with Crippen molar-refractivity contribution in [3.63, 3.8) is 0 Å². The van der Waals surface area contributed by atoms with Crippen LogP contribution in [0.4, 0.5) is 0 Å². The SMILES string of the molecule is CC(C)CC(C)N(C)CC(N)c1ccc2c(c1)OCCO2. The van der Waals surface area contributed by atoms with E-state index in [9.17, 15) is 0 Å². The summed E-state index contributed by atoms with van der Waals surface area (Å²) in [7, 11) is 2.14. The van der Waals surface area contributed by atoms with E-state index in [2.05, 4.69) is 32.7 Å². The molecule has 118 valence electrons. The summed E-state index contributed by atoms with van der Waals surface area (Å²) in [5.74, 6) is 2.33. The third-order valence-electron chi connectivity index (χ3n) is 4.04. The summed E-state index contributed by atoms with van der Waals surface area (Å²) in [6.07, 6.45) is 1.18. The number of hydrogen-bond donors (Lipinski definition) is 1. The zero-order valence-corrected chi connectivity index (χ0v) is 13.6. The minimum atomic E-state index is -0.0135. The van der Waals surface area contributed by atoms with Gasteiger partial charge in [0.15, 0.2) is 11.5 Å². The molecule has 0 aromatic heterocycles. The van der Waals surface area contributed by atoms with Crippen molar-refractivity contribution < 1.29 is 9.47 Å². The normalized spacial score (nSPS) is 17.1. The molecule has 1 aliphatic heterocycles. The molecule has 2 unspecified atom stereocenters. The molecule has 0 amide bonds. The fraction of sp³-hybridized carbons (Fsp3) is 0.647. The van der Waals surface area contributed by atoms with E-state index >= 15 is 0 Å². The molecule has 1 aromatic rings. The van der Waals surface area contributed by atoms with Crippen LogP contribution in [0.25, 0.3) is 0 Å². The first-order chi connectivity index (χ1) is 9.97. The van der Waals surface area contributed by atoms with E-state index in [0.29, 0.717) is 25.2 Å². The molecule has 0 saturated heterocycles. The zero-order chi connectivity index (χ0) is 15.4. The van der Waals surface area contributed by atoms with Gasteiger partial charge in [0.05, 0.1) is 0 Å². The molecule has 21 heavy (non-hydrogen) atoms. The second-order valence-corrected chi connectivity index (χ2v) is 6.43. The van der Waals surface area contributed by atoms with Gasteiger partial charge in [-0.25, -0.2) is 0 Å². The van der Waals surface area contributed by atoms with Crippen LogP contribution in [0.1, 0.15) is 38.8 Å². The number of rotatable bonds is 6. The third-order valence-corrected chi connectivity index (χ3v) is 4.04. The smallest absolute Gasteiger partial charge is 0.161 e. The van der Waals surface area contributed by atoms with Crippen molar-refractivity contribution in [2.75, 3.05) is 26.8 Å². The van der Waals surface area contributed by atoms with Crippen molar-refractivity contribution in [1.82, 2.24) is 4.90 Å². The van der Waals surface area contributed by atoms with E-state index in [0.717, 1.165) is 23.6 Å². The quantitative estimate of drug-likeness (QED) is 0.876. The lowest BCUT2D eigenvalue weighted by Gasteiger charge is -2.29. The van der Waals surface area contributed by atoms with Gasteiger partial charge in [-0.2, -0.15) is 0 Å². The van der Waals surface area contributed by atoms with Crippen LogP contribution in [0.3, 0.4) is 0 Å². The summed E-state index contributed by atoms with van der Waals surface area (Å²) in [6, 6.07) is 6.54. The second kappa shape index (κ2) is 7.14. The Bertz CT molecular complexity index is 462. The number of nitrogens with two attached hydrogens (primary N) is 1. The molecule has 4 nitrogen and oxygen atoms in total. The average Bonchev–Trinajstić information content (AvgIpc) is 2.45. The fourth-order valence-corrected chi connectivity index (χ4v) is 2.75. The van der Waals surface area contributed by atoms with Crippen LogP contribution in [0.5, 0.6) is 11.5 Å². The van der Waals surface area contributed by atoms with Crippen LogP contribution in [0, 0.1) is 5.92 Å². The largest absolute Gasteiger partial charge is 0.486 e. The molecule has 4 heteroatoms. The molecule has 0 spiro atoms. The van der Waals surface area contributed by atoms with Gasteiger partial charge in [-0.15, -0.1) is 0 Å². The maximum absolute atomic E-state index is 6.36. The number of ether oxygens (including phenoxy) is 2. The van der Waals surface area contributed by atoms with Crippen LogP contribution in [0.2, 0.25) is 0 Å². The average molecular weight is 292 g/mol. The van der Waals surface area contributed by atoms with Crippen molar-refractivity contribution in [2.45, 2.75) is 39.3 Å². The Morgan fingerprint density at radius 2 is 1.81 bits per heavy atom. The van der Waals surface area contributed by atoms with Crippen molar-refractivity contribution in [2.24, 2.45) is 11.7 Å². The minimum absolute atomic E-state index is 0.0135. The molecular formula is C17H28N2O2. The molecule has 0 aliphatic carbocycles. The van der Waals surface area contributed by atoms with Crippen molar-refractivity contribution in [1.29, 1.82) is 0 Å². The molecular weight excluding hydrogens is 264 g/mol. The highest BCUT2D eigenvalue weighted by molar-refractivity contribution is 5.44. The van der Waals surface area contributed by atoms with Crippen molar-refractivity contribution in [3.8, 4) is 11.5 Å². The molecule has 1 heterocycles. The summed E-state index contributed by atoms with van der Waals surface area (Å²) in [5.41, 5.74) is 7.46. The third kappa shape index (κ3) is 4.35. The first-order valence-electron chi connectivity index (χ1n) is 7.82. The highest BCUT2D eigenvalue weighted by Gasteiger charge is 2.18. The van der Waals surface area contributed by atoms with Crippen molar-refractivity contribution in [3.05, 3.63) is 23.8 Å². The number of nitrogens with zero attached hydrogens (tertiary/aromatic N) is 1. The predicted molar refractivity (Wildman–Crippen MR) is 85.9 cm³/mol. The highest BCUT2D eigenvalue weighted by atomic mass is 16.6. The lowest BCUT2D eigenvalue weighted by Crippen LogP contribution is -2.36. The highest BCUT2D eigenvalue weighted by Crippen LogP contribution is 2.32. The molecule has 1 aliphatic rings. The maximum atomic E-state index is 6.36. The summed E-state index contributed by atoms with van der Waals surface area (Å²) in [5, 5.41) is 0. The first kappa shape index (κ1) is 16.1. The predicted octanol–water partition coefficient (Wildman–Crippen LogP) is 2.82. The van der Waals surface area contributed by atoms with Gasteiger partial charge in [0.2, 0.25) is 0 Å². The second-order valence-electron chi connectivity index (χ2n) is 6.43. The zero-order valence-electron chi connectivity index (χ0n) is 13.6. The Kier molecular flexibility index (Phi) is 5.48. The Morgan fingerprint density at radius 3 is 2.48 bits per heavy atom. The molecule has 2 atom stereocenters. The summed E-state index contributed by atoms with van der Waals surface area (Å²) in [4.78, 5) is 2.33. The lowest BCUT2D eigenvalue weighted by atomic mass is 10.0. The van der Waals surface area contributed by atoms with Crippen LogP contribution in [-0.2, 0) is 0 Å². The Balaban J connectivity index is 1.98. The molecule has 2 N–H and O–H groups in total. The molecule has 0 saturated carbocycles. The number of hydrogen-bond acceptors (Lipinski definition) is 4. The van der Waals surface area contributed by atoms with Gasteiger partial charge < -0.3 is 20.1 Å².